The molecule has 0 aliphatic heterocycles. The Bertz CT molecular complexity index is 388. The summed E-state index contributed by atoms with van der Waals surface area (Å²) in [5.41, 5.74) is 0.282. The highest BCUT2D eigenvalue weighted by Crippen LogP contribution is 2.19. The second-order valence-corrected chi connectivity index (χ2v) is 4.79. The van der Waals surface area contributed by atoms with Crippen LogP contribution in [0.4, 0.5) is 0 Å². The van der Waals surface area contributed by atoms with Gasteiger partial charge >= 0.3 is 5.97 Å². The van der Waals surface area contributed by atoms with E-state index < -0.39 is 11.4 Å². The predicted molar refractivity (Wildman–Crippen MR) is 65.8 cm³/mol. The van der Waals surface area contributed by atoms with E-state index in [-0.39, 0.29) is 5.75 Å². The van der Waals surface area contributed by atoms with Crippen LogP contribution in [-0.4, -0.2) is 22.7 Å². The smallest absolute Gasteiger partial charge is 0.309 e. The molecular formula is C13H19NO3. The minimum atomic E-state index is -0.781. The van der Waals surface area contributed by atoms with Crippen LogP contribution in [-0.2, 0) is 11.3 Å². The summed E-state index contributed by atoms with van der Waals surface area (Å²) in [7, 11) is 0. The van der Waals surface area contributed by atoms with Crippen molar-refractivity contribution in [2.75, 3.05) is 6.54 Å². The van der Waals surface area contributed by atoms with Crippen LogP contribution in [0.15, 0.2) is 24.3 Å². The van der Waals surface area contributed by atoms with Gasteiger partial charge in [0.2, 0.25) is 0 Å². The first kappa shape index (κ1) is 13.5. The third kappa shape index (κ3) is 4.44. The standard InChI is InChI=1S/C13H19NO3/c1-13(2,12(16)17)6-7-14-9-10-4-3-5-11(15)8-10/h3-5,8,14-15H,6-7,9H2,1-2H3,(H,16,17). The van der Waals surface area contributed by atoms with Crippen LogP contribution >= 0.6 is 0 Å². The van der Waals surface area contributed by atoms with Gasteiger partial charge in [-0.05, 0) is 44.5 Å². The second-order valence-electron chi connectivity index (χ2n) is 4.79. The fourth-order valence-electron chi connectivity index (χ4n) is 1.41. The van der Waals surface area contributed by atoms with E-state index in [2.05, 4.69) is 5.32 Å². The maximum Gasteiger partial charge on any atom is 0.309 e. The molecule has 4 heteroatoms. The molecule has 0 amide bonds. The number of aromatic hydroxyl groups is 1. The number of benzene rings is 1. The Kier molecular flexibility index (Phi) is 4.52. The summed E-state index contributed by atoms with van der Waals surface area (Å²) in [5.74, 6) is -0.535. The Labute approximate surface area is 101 Å². The van der Waals surface area contributed by atoms with Gasteiger partial charge in [-0.15, -0.1) is 0 Å². The van der Waals surface area contributed by atoms with E-state index in [1.54, 1.807) is 32.0 Å². The molecule has 0 atom stereocenters. The lowest BCUT2D eigenvalue weighted by atomic mass is 9.90. The van der Waals surface area contributed by atoms with Crippen molar-refractivity contribution in [3.05, 3.63) is 29.8 Å². The molecule has 0 spiro atoms. The molecule has 1 aromatic carbocycles. The van der Waals surface area contributed by atoms with Gasteiger partial charge in [-0.2, -0.15) is 0 Å². The number of carboxylic acids is 1. The van der Waals surface area contributed by atoms with Crippen molar-refractivity contribution >= 4 is 5.97 Å². The molecule has 0 aromatic heterocycles. The number of hydrogen-bond donors (Lipinski definition) is 3. The zero-order valence-electron chi connectivity index (χ0n) is 10.2. The average Bonchev–Trinajstić information content (AvgIpc) is 2.24. The fraction of sp³-hybridized carbons (Fsp3) is 0.462. The lowest BCUT2D eigenvalue weighted by Gasteiger charge is -2.18. The molecule has 0 bridgehead atoms. The molecule has 0 radical (unpaired) electrons. The second kappa shape index (κ2) is 5.68. The summed E-state index contributed by atoms with van der Waals surface area (Å²) in [5, 5.41) is 21.4. The molecule has 4 nitrogen and oxygen atoms in total. The van der Waals surface area contributed by atoms with Crippen molar-refractivity contribution in [2.24, 2.45) is 5.41 Å². The molecule has 1 aromatic rings. The Morgan fingerprint density at radius 3 is 2.71 bits per heavy atom. The van der Waals surface area contributed by atoms with Crippen molar-refractivity contribution < 1.29 is 15.0 Å². The van der Waals surface area contributed by atoms with Crippen LogP contribution < -0.4 is 5.32 Å². The third-order valence-electron chi connectivity index (χ3n) is 2.75. The van der Waals surface area contributed by atoms with Gasteiger partial charge in [0.05, 0.1) is 5.41 Å². The van der Waals surface area contributed by atoms with Crippen molar-refractivity contribution in [3.63, 3.8) is 0 Å². The summed E-state index contributed by atoms with van der Waals surface area (Å²) in [6.45, 7) is 4.69. The third-order valence-corrected chi connectivity index (χ3v) is 2.75. The summed E-state index contributed by atoms with van der Waals surface area (Å²) in [4.78, 5) is 10.9. The molecule has 0 aliphatic carbocycles. The van der Waals surface area contributed by atoms with Crippen LogP contribution in [0.3, 0.4) is 0 Å². The Hall–Kier alpha value is -1.55. The Morgan fingerprint density at radius 2 is 2.12 bits per heavy atom. The van der Waals surface area contributed by atoms with Crippen LogP contribution in [0, 0.1) is 5.41 Å². The van der Waals surface area contributed by atoms with Gasteiger partial charge in [-0.3, -0.25) is 4.79 Å². The molecule has 0 heterocycles. The number of carboxylic acid groups (broad SMARTS) is 1. The van der Waals surface area contributed by atoms with Gasteiger partial charge in [0.15, 0.2) is 0 Å². The average molecular weight is 237 g/mol. The quantitative estimate of drug-likeness (QED) is 0.662. The number of hydrogen-bond acceptors (Lipinski definition) is 3. The minimum absolute atomic E-state index is 0.246. The van der Waals surface area contributed by atoms with Crippen molar-refractivity contribution in [3.8, 4) is 5.75 Å². The van der Waals surface area contributed by atoms with Gasteiger partial charge in [-0.1, -0.05) is 12.1 Å². The van der Waals surface area contributed by atoms with Crippen molar-refractivity contribution in [2.45, 2.75) is 26.8 Å². The number of carbonyl (C=O) groups is 1. The van der Waals surface area contributed by atoms with Crippen LogP contribution in [0.5, 0.6) is 5.75 Å². The highest BCUT2D eigenvalue weighted by atomic mass is 16.4. The molecule has 94 valence electrons. The summed E-state index contributed by atoms with van der Waals surface area (Å²) in [6, 6.07) is 7.01. The van der Waals surface area contributed by atoms with E-state index in [1.807, 2.05) is 6.07 Å². The lowest BCUT2D eigenvalue weighted by molar-refractivity contribution is -0.147. The normalized spacial score (nSPS) is 11.4. The largest absolute Gasteiger partial charge is 0.508 e. The first-order valence-corrected chi connectivity index (χ1v) is 5.64. The molecule has 0 aliphatic rings. The molecule has 0 fully saturated rings. The molecule has 17 heavy (non-hydrogen) atoms. The number of phenols is 1. The number of nitrogens with one attached hydrogen (secondary N) is 1. The molecule has 1 rings (SSSR count). The maximum absolute atomic E-state index is 10.9. The van der Waals surface area contributed by atoms with Gasteiger partial charge < -0.3 is 15.5 Å². The van der Waals surface area contributed by atoms with E-state index >= 15 is 0 Å². The van der Waals surface area contributed by atoms with Gasteiger partial charge in [-0.25, -0.2) is 0 Å². The van der Waals surface area contributed by atoms with E-state index in [0.717, 1.165) is 5.56 Å². The van der Waals surface area contributed by atoms with Crippen LogP contribution in [0.25, 0.3) is 0 Å². The van der Waals surface area contributed by atoms with Gasteiger partial charge in [0, 0.05) is 6.54 Å². The number of rotatable bonds is 6. The Balaban J connectivity index is 2.32. The lowest BCUT2D eigenvalue weighted by Crippen LogP contribution is -2.28. The number of phenolic OH excluding ortho intramolecular Hbond substituents is 1. The zero-order valence-corrected chi connectivity index (χ0v) is 10.2. The maximum atomic E-state index is 10.9. The van der Waals surface area contributed by atoms with Gasteiger partial charge in [0.25, 0.3) is 0 Å². The topological polar surface area (TPSA) is 69.6 Å². The highest BCUT2D eigenvalue weighted by Gasteiger charge is 2.25. The summed E-state index contributed by atoms with van der Waals surface area (Å²) in [6.07, 6.45) is 0.571. The van der Waals surface area contributed by atoms with E-state index in [1.165, 1.54) is 0 Å². The van der Waals surface area contributed by atoms with Crippen LogP contribution in [0.1, 0.15) is 25.8 Å². The molecule has 0 saturated heterocycles. The first-order chi connectivity index (χ1) is 7.92. The Morgan fingerprint density at radius 1 is 1.41 bits per heavy atom. The number of aliphatic carboxylic acids is 1. The fourth-order valence-corrected chi connectivity index (χ4v) is 1.41. The summed E-state index contributed by atoms with van der Waals surface area (Å²) < 4.78 is 0. The van der Waals surface area contributed by atoms with E-state index in [0.29, 0.717) is 19.5 Å². The van der Waals surface area contributed by atoms with Crippen LogP contribution in [0.2, 0.25) is 0 Å². The van der Waals surface area contributed by atoms with Gasteiger partial charge in [0.1, 0.15) is 5.75 Å². The first-order valence-electron chi connectivity index (χ1n) is 5.64. The summed E-state index contributed by atoms with van der Waals surface area (Å²) >= 11 is 0. The molecule has 0 unspecified atom stereocenters. The van der Waals surface area contributed by atoms with Crippen molar-refractivity contribution in [1.82, 2.24) is 5.32 Å². The van der Waals surface area contributed by atoms with E-state index in [4.69, 9.17) is 5.11 Å². The molecule has 3 N–H and O–H groups in total. The zero-order chi connectivity index (χ0) is 12.9. The predicted octanol–water partition coefficient (Wildman–Crippen LogP) is 1.98. The monoisotopic (exact) mass is 237 g/mol. The molecule has 0 saturated carbocycles. The highest BCUT2D eigenvalue weighted by molar-refractivity contribution is 5.73. The van der Waals surface area contributed by atoms with E-state index in [9.17, 15) is 9.90 Å². The SMILES string of the molecule is CC(C)(CCNCc1cccc(O)c1)C(=O)O. The van der Waals surface area contributed by atoms with Crippen molar-refractivity contribution in [1.29, 1.82) is 0 Å². The molecular weight excluding hydrogens is 218 g/mol. The minimum Gasteiger partial charge on any atom is -0.508 e.